The van der Waals surface area contributed by atoms with E-state index in [1.54, 1.807) is 0 Å². The van der Waals surface area contributed by atoms with Crippen LogP contribution >= 0.6 is 0 Å². The molecule has 0 aliphatic rings. The van der Waals surface area contributed by atoms with Gasteiger partial charge in [-0.05, 0) is 37.8 Å². The van der Waals surface area contributed by atoms with Crippen molar-refractivity contribution in [2.75, 3.05) is 6.54 Å². The molecule has 16 heavy (non-hydrogen) atoms. The van der Waals surface area contributed by atoms with Gasteiger partial charge in [0.1, 0.15) is 0 Å². The number of nitrogens with one attached hydrogen (secondary N) is 1. The lowest BCUT2D eigenvalue weighted by Crippen LogP contribution is -2.33. The van der Waals surface area contributed by atoms with Crippen molar-refractivity contribution in [2.24, 2.45) is 13.0 Å². The maximum atomic E-state index is 4.20. The van der Waals surface area contributed by atoms with Crippen LogP contribution in [0.3, 0.4) is 0 Å². The van der Waals surface area contributed by atoms with Crippen LogP contribution in [0, 0.1) is 5.92 Å². The molecule has 0 fully saturated rings. The van der Waals surface area contributed by atoms with Gasteiger partial charge in [0.15, 0.2) is 0 Å². The minimum atomic E-state index is 0.617. The molecule has 1 aromatic heterocycles. The highest BCUT2D eigenvalue weighted by Crippen LogP contribution is 2.16. The van der Waals surface area contributed by atoms with Crippen LogP contribution in [0.2, 0.25) is 0 Å². The maximum Gasteiger partial charge on any atom is 0.0521 e. The van der Waals surface area contributed by atoms with Gasteiger partial charge in [-0.15, -0.1) is 0 Å². The molecule has 2 atom stereocenters. The maximum absolute atomic E-state index is 4.20. The Balaban J connectivity index is 2.39. The van der Waals surface area contributed by atoms with Gasteiger partial charge >= 0.3 is 0 Å². The molecule has 0 aliphatic heterocycles. The van der Waals surface area contributed by atoms with E-state index in [2.05, 4.69) is 37.4 Å². The normalized spacial score (nSPS) is 15.0. The van der Waals surface area contributed by atoms with Crippen LogP contribution in [0.4, 0.5) is 0 Å². The second kappa shape index (κ2) is 6.69. The lowest BCUT2D eigenvalue weighted by molar-refractivity contribution is 0.349. The molecule has 0 aromatic carbocycles. The first kappa shape index (κ1) is 13.2. The van der Waals surface area contributed by atoms with Crippen LogP contribution in [0.25, 0.3) is 0 Å². The number of rotatable bonds is 7. The molecule has 3 heteroatoms. The second-order valence-electron chi connectivity index (χ2n) is 4.58. The average Bonchev–Trinajstić information content (AvgIpc) is 2.65. The third-order valence-corrected chi connectivity index (χ3v) is 3.32. The summed E-state index contributed by atoms with van der Waals surface area (Å²) < 4.78 is 1.88. The Morgan fingerprint density at radius 1 is 1.44 bits per heavy atom. The van der Waals surface area contributed by atoms with Crippen LogP contribution < -0.4 is 5.32 Å². The molecule has 0 radical (unpaired) electrons. The summed E-state index contributed by atoms with van der Waals surface area (Å²) in [6, 6.07) is 0.617. The zero-order valence-corrected chi connectivity index (χ0v) is 11.0. The molecule has 1 heterocycles. The molecule has 1 aromatic rings. The summed E-state index contributed by atoms with van der Waals surface area (Å²) >= 11 is 0. The Morgan fingerprint density at radius 2 is 2.19 bits per heavy atom. The number of aryl methyl sites for hydroxylation is 2. The molecule has 1 N–H and O–H groups in total. The van der Waals surface area contributed by atoms with Crippen LogP contribution in [0.5, 0.6) is 0 Å². The van der Waals surface area contributed by atoms with Crippen LogP contribution in [0.1, 0.15) is 39.2 Å². The van der Waals surface area contributed by atoms with E-state index in [1.165, 1.54) is 18.4 Å². The van der Waals surface area contributed by atoms with Crippen LogP contribution in [-0.4, -0.2) is 22.4 Å². The highest BCUT2D eigenvalue weighted by Gasteiger charge is 2.14. The summed E-state index contributed by atoms with van der Waals surface area (Å²) in [6.07, 6.45) is 7.72. The Hall–Kier alpha value is -0.830. The van der Waals surface area contributed by atoms with Gasteiger partial charge in [-0.2, -0.15) is 5.10 Å². The van der Waals surface area contributed by atoms with E-state index in [9.17, 15) is 0 Å². The van der Waals surface area contributed by atoms with Gasteiger partial charge in [0.2, 0.25) is 0 Å². The lowest BCUT2D eigenvalue weighted by atomic mass is 9.92. The van der Waals surface area contributed by atoms with Gasteiger partial charge in [0.05, 0.1) is 6.20 Å². The standard InChI is InChI=1S/C13H25N3/c1-5-13(11(3)14-6-2)8-7-12-9-15-16(4)10-12/h9-11,13-14H,5-8H2,1-4H3. The Kier molecular flexibility index (Phi) is 5.53. The summed E-state index contributed by atoms with van der Waals surface area (Å²) in [6.45, 7) is 7.80. The molecule has 0 saturated carbocycles. The van der Waals surface area contributed by atoms with Crippen molar-refractivity contribution in [1.29, 1.82) is 0 Å². The third-order valence-electron chi connectivity index (χ3n) is 3.32. The molecule has 0 amide bonds. The highest BCUT2D eigenvalue weighted by molar-refractivity contribution is 5.03. The molecule has 3 nitrogen and oxygen atoms in total. The van der Waals surface area contributed by atoms with Gasteiger partial charge in [-0.1, -0.05) is 20.3 Å². The van der Waals surface area contributed by atoms with Gasteiger partial charge in [-0.3, -0.25) is 4.68 Å². The number of nitrogens with zero attached hydrogens (tertiary/aromatic N) is 2. The Labute approximate surface area is 99.2 Å². The first-order valence-electron chi connectivity index (χ1n) is 6.38. The van der Waals surface area contributed by atoms with Gasteiger partial charge in [0, 0.05) is 19.3 Å². The summed E-state index contributed by atoms with van der Waals surface area (Å²) in [5.74, 6) is 0.764. The topological polar surface area (TPSA) is 29.9 Å². The SMILES string of the molecule is CCNC(C)C(CC)CCc1cnn(C)c1. The van der Waals surface area contributed by atoms with E-state index >= 15 is 0 Å². The first-order valence-corrected chi connectivity index (χ1v) is 6.38. The molecule has 2 unspecified atom stereocenters. The quantitative estimate of drug-likeness (QED) is 0.769. The fraction of sp³-hybridized carbons (Fsp3) is 0.769. The zero-order valence-electron chi connectivity index (χ0n) is 11.0. The van der Waals surface area contributed by atoms with Gasteiger partial charge < -0.3 is 5.32 Å². The predicted molar refractivity (Wildman–Crippen MR) is 68.4 cm³/mol. The molecule has 0 spiro atoms. The number of hydrogen-bond acceptors (Lipinski definition) is 2. The predicted octanol–water partition coefficient (Wildman–Crippen LogP) is 2.38. The molecule has 0 saturated heterocycles. The van der Waals surface area contributed by atoms with Gasteiger partial charge in [-0.25, -0.2) is 0 Å². The first-order chi connectivity index (χ1) is 7.67. The second-order valence-corrected chi connectivity index (χ2v) is 4.58. The fourth-order valence-electron chi connectivity index (χ4n) is 2.25. The molecule has 0 aliphatic carbocycles. The van der Waals surface area contributed by atoms with Crippen molar-refractivity contribution in [3.05, 3.63) is 18.0 Å². The summed E-state index contributed by atoms with van der Waals surface area (Å²) in [5, 5.41) is 7.72. The summed E-state index contributed by atoms with van der Waals surface area (Å²) in [7, 11) is 1.97. The van der Waals surface area contributed by atoms with Crippen molar-refractivity contribution >= 4 is 0 Å². The molecular weight excluding hydrogens is 198 g/mol. The van der Waals surface area contributed by atoms with E-state index in [4.69, 9.17) is 0 Å². The average molecular weight is 223 g/mol. The summed E-state index contributed by atoms with van der Waals surface area (Å²) in [5.41, 5.74) is 1.35. The lowest BCUT2D eigenvalue weighted by Gasteiger charge is -2.23. The fourth-order valence-corrected chi connectivity index (χ4v) is 2.25. The van der Waals surface area contributed by atoms with E-state index in [0.717, 1.165) is 18.9 Å². The van der Waals surface area contributed by atoms with Crippen LogP contribution in [0.15, 0.2) is 12.4 Å². The van der Waals surface area contributed by atoms with Gasteiger partial charge in [0.25, 0.3) is 0 Å². The number of aromatic nitrogens is 2. The third kappa shape index (κ3) is 3.97. The zero-order chi connectivity index (χ0) is 12.0. The molecular formula is C13H25N3. The van der Waals surface area contributed by atoms with Crippen molar-refractivity contribution in [1.82, 2.24) is 15.1 Å². The number of hydrogen-bond donors (Lipinski definition) is 1. The van der Waals surface area contributed by atoms with Crippen molar-refractivity contribution < 1.29 is 0 Å². The molecule has 0 bridgehead atoms. The monoisotopic (exact) mass is 223 g/mol. The van der Waals surface area contributed by atoms with E-state index in [0.29, 0.717) is 6.04 Å². The molecule has 92 valence electrons. The summed E-state index contributed by atoms with van der Waals surface area (Å²) in [4.78, 5) is 0. The molecule has 1 rings (SSSR count). The largest absolute Gasteiger partial charge is 0.314 e. The van der Waals surface area contributed by atoms with Crippen molar-refractivity contribution in [3.63, 3.8) is 0 Å². The van der Waals surface area contributed by atoms with Crippen molar-refractivity contribution in [2.45, 2.75) is 46.1 Å². The Morgan fingerprint density at radius 3 is 2.69 bits per heavy atom. The van der Waals surface area contributed by atoms with Crippen LogP contribution in [-0.2, 0) is 13.5 Å². The van der Waals surface area contributed by atoms with E-state index < -0.39 is 0 Å². The minimum absolute atomic E-state index is 0.617. The smallest absolute Gasteiger partial charge is 0.0521 e. The Bertz CT molecular complexity index is 293. The minimum Gasteiger partial charge on any atom is -0.314 e. The van der Waals surface area contributed by atoms with Crippen molar-refractivity contribution in [3.8, 4) is 0 Å². The van der Waals surface area contributed by atoms with E-state index in [-0.39, 0.29) is 0 Å². The van der Waals surface area contributed by atoms with E-state index in [1.807, 2.05) is 17.9 Å². The highest BCUT2D eigenvalue weighted by atomic mass is 15.2.